The first-order valence-electron chi connectivity index (χ1n) is 6.23. The first-order valence-corrected chi connectivity index (χ1v) is 7.02. The SMILES string of the molecule is OCC(c1cc(Br)ccc1F)N1CCCNCC1. The molecule has 0 amide bonds. The molecule has 100 valence electrons. The standard InChI is InChI=1S/C13H18BrFN2O/c14-10-2-3-12(15)11(8-10)13(9-18)17-6-1-4-16-5-7-17/h2-3,8,13,16,18H,1,4-7,9H2. The summed E-state index contributed by atoms with van der Waals surface area (Å²) in [7, 11) is 0. The topological polar surface area (TPSA) is 35.5 Å². The van der Waals surface area contributed by atoms with Crippen LogP contribution in [0.15, 0.2) is 22.7 Å². The largest absolute Gasteiger partial charge is 0.394 e. The van der Waals surface area contributed by atoms with Crippen molar-refractivity contribution in [3.8, 4) is 0 Å². The van der Waals surface area contributed by atoms with Gasteiger partial charge in [-0.25, -0.2) is 4.39 Å². The molecule has 1 fully saturated rings. The Bertz CT molecular complexity index is 395. The van der Waals surface area contributed by atoms with Crippen molar-refractivity contribution in [2.75, 3.05) is 32.8 Å². The lowest BCUT2D eigenvalue weighted by molar-refractivity contribution is 0.127. The van der Waals surface area contributed by atoms with Gasteiger partial charge in [0.25, 0.3) is 0 Å². The molecule has 0 aromatic heterocycles. The van der Waals surface area contributed by atoms with Crippen LogP contribution in [0, 0.1) is 5.82 Å². The van der Waals surface area contributed by atoms with E-state index in [-0.39, 0.29) is 18.5 Å². The van der Waals surface area contributed by atoms with Gasteiger partial charge in [-0.3, -0.25) is 4.90 Å². The fourth-order valence-electron chi connectivity index (χ4n) is 2.36. The summed E-state index contributed by atoms with van der Waals surface area (Å²) in [5, 5.41) is 12.9. The predicted octanol–water partition coefficient (Wildman–Crippen LogP) is 1.92. The molecule has 0 radical (unpaired) electrons. The molecule has 5 heteroatoms. The monoisotopic (exact) mass is 316 g/mol. The Hall–Kier alpha value is -0.490. The summed E-state index contributed by atoms with van der Waals surface area (Å²) in [6, 6.07) is 4.62. The summed E-state index contributed by atoms with van der Waals surface area (Å²) in [5.74, 6) is -0.255. The van der Waals surface area contributed by atoms with E-state index < -0.39 is 0 Å². The van der Waals surface area contributed by atoms with Crippen molar-refractivity contribution < 1.29 is 9.50 Å². The molecule has 0 spiro atoms. The average Bonchev–Trinajstić information content (AvgIpc) is 2.64. The van der Waals surface area contributed by atoms with Gasteiger partial charge in [-0.2, -0.15) is 0 Å². The van der Waals surface area contributed by atoms with Crippen molar-refractivity contribution in [1.29, 1.82) is 0 Å². The third-order valence-electron chi connectivity index (χ3n) is 3.31. The molecule has 2 rings (SSSR count). The van der Waals surface area contributed by atoms with E-state index in [2.05, 4.69) is 26.1 Å². The third kappa shape index (κ3) is 3.29. The van der Waals surface area contributed by atoms with Crippen LogP contribution in [0.25, 0.3) is 0 Å². The van der Waals surface area contributed by atoms with Crippen LogP contribution in [0.2, 0.25) is 0 Å². The number of hydrogen-bond donors (Lipinski definition) is 2. The Kier molecular flexibility index (Phi) is 5.12. The van der Waals surface area contributed by atoms with Crippen LogP contribution >= 0.6 is 15.9 Å². The van der Waals surface area contributed by atoms with Crippen molar-refractivity contribution in [3.05, 3.63) is 34.1 Å². The van der Waals surface area contributed by atoms with Gasteiger partial charge in [-0.05, 0) is 31.2 Å². The van der Waals surface area contributed by atoms with Crippen molar-refractivity contribution in [2.24, 2.45) is 0 Å². The highest BCUT2D eigenvalue weighted by Crippen LogP contribution is 2.26. The number of hydrogen-bond acceptors (Lipinski definition) is 3. The minimum Gasteiger partial charge on any atom is -0.394 e. The molecule has 1 atom stereocenters. The molecule has 1 aromatic carbocycles. The van der Waals surface area contributed by atoms with Gasteiger partial charge in [0.15, 0.2) is 0 Å². The second-order valence-electron chi connectivity index (χ2n) is 4.50. The lowest BCUT2D eigenvalue weighted by Gasteiger charge is -2.29. The summed E-state index contributed by atoms with van der Waals surface area (Å²) < 4.78 is 14.7. The van der Waals surface area contributed by atoms with E-state index in [0.29, 0.717) is 5.56 Å². The quantitative estimate of drug-likeness (QED) is 0.894. The molecule has 0 saturated carbocycles. The minimum absolute atomic E-state index is 0.0621. The maximum Gasteiger partial charge on any atom is 0.128 e. The molecule has 0 bridgehead atoms. The number of nitrogens with one attached hydrogen (secondary N) is 1. The molecule has 1 unspecified atom stereocenters. The minimum atomic E-state index is -0.262. The lowest BCUT2D eigenvalue weighted by Crippen LogP contribution is -2.34. The molecule has 1 aliphatic rings. The second-order valence-corrected chi connectivity index (χ2v) is 5.42. The molecular formula is C13H18BrFN2O. The van der Waals surface area contributed by atoms with E-state index in [4.69, 9.17) is 0 Å². The van der Waals surface area contributed by atoms with E-state index >= 15 is 0 Å². The third-order valence-corrected chi connectivity index (χ3v) is 3.80. The van der Waals surface area contributed by atoms with Gasteiger partial charge < -0.3 is 10.4 Å². The van der Waals surface area contributed by atoms with Crippen LogP contribution in [0.1, 0.15) is 18.0 Å². The van der Waals surface area contributed by atoms with Gasteiger partial charge in [0.05, 0.1) is 12.6 Å². The van der Waals surface area contributed by atoms with Crippen molar-refractivity contribution in [2.45, 2.75) is 12.5 Å². The molecule has 3 nitrogen and oxygen atoms in total. The molecular weight excluding hydrogens is 299 g/mol. The smallest absolute Gasteiger partial charge is 0.128 e. The van der Waals surface area contributed by atoms with Crippen LogP contribution in [-0.2, 0) is 0 Å². The Balaban J connectivity index is 2.23. The van der Waals surface area contributed by atoms with Gasteiger partial charge in [0.1, 0.15) is 5.82 Å². The molecule has 1 saturated heterocycles. The van der Waals surface area contributed by atoms with Crippen molar-refractivity contribution >= 4 is 15.9 Å². The number of benzene rings is 1. The summed E-state index contributed by atoms with van der Waals surface area (Å²) >= 11 is 3.35. The molecule has 1 aliphatic heterocycles. The molecule has 1 aromatic rings. The van der Waals surface area contributed by atoms with Crippen LogP contribution in [0.3, 0.4) is 0 Å². The maximum atomic E-state index is 13.9. The molecule has 18 heavy (non-hydrogen) atoms. The highest BCUT2D eigenvalue weighted by atomic mass is 79.9. The number of aliphatic hydroxyl groups is 1. The van der Waals surface area contributed by atoms with Gasteiger partial charge in [-0.1, -0.05) is 15.9 Å². The zero-order valence-electron chi connectivity index (χ0n) is 10.2. The van der Waals surface area contributed by atoms with Gasteiger partial charge in [0.2, 0.25) is 0 Å². The van der Waals surface area contributed by atoms with Crippen LogP contribution in [0.5, 0.6) is 0 Å². The van der Waals surface area contributed by atoms with Crippen molar-refractivity contribution in [1.82, 2.24) is 10.2 Å². The predicted molar refractivity (Wildman–Crippen MR) is 73.0 cm³/mol. The Morgan fingerprint density at radius 2 is 2.22 bits per heavy atom. The maximum absolute atomic E-state index is 13.9. The first-order chi connectivity index (χ1) is 8.72. The van der Waals surface area contributed by atoms with Crippen LogP contribution < -0.4 is 5.32 Å². The fraction of sp³-hybridized carbons (Fsp3) is 0.538. The number of rotatable bonds is 3. The highest BCUT2D eigenvalue weighted by Gasteiger charge is 2.23. The number of nitrogens with zero attached hydrogens (tertiary/aromatic N) is 1. The molecule has 0 aliphatic carbocycles. The average molecular weight is 317 g/mol. The zero-order chi connectivity index (χ0) is 13.0. The van der Waals surface area contributed by atoms with Crippen molar-refractivity contribution in [3.63, 3.8) is 0 Å². The van der Waals surface area contributed by atoms with E-state index in [0.717, 1.165) is 37.1 Å². The van der Waals surface area contributed by atoms with Gasteiger partial charge in [-0.15, -0.1) is 0 Å². The van der Waals surface area contributed by atoms with Gasteiger partial charge in [0, 0.05) is 29.7 Å². The Morgan fingerprint density at radius 1 is 1.39 bits per heavy atom. The normalized spacial score (nSPS) is 19.5. The zero-order valence-corrected chi connectivity index (χ0v) is 11.8. The summed E-state index contributed by atoms with van der Waals surface area (Å²) in [5.41, 5.74) is 0.564. The first kappa shape index (κ1) is 13.9. The van der Waals surface area contributed by atoms with E-state index in [1.165, 1.54) is 6.07 Å². The van der Waals surface area contributed by atoms with E-state index in [1.807, 2.05) is 0 Å². The summed E-state index contributed by atoms with van der Waals surface area (Å²) in [6.45, 7) is 3.51. The van der Waals surface area contributed by atoms with Gasteiger partial charge >= 0.3 is 0 Å². The van der Waals surface area contributed by atoms with E-state index in [1.54, 1.807) is 12.1 Å². The number of aliphatic hydroxyl groups excluding tert-OH is 1. The molecule has 1 heterocycles. The van der Waals surface area contributed by atoms with Crippen LogP contribution in [-0.4, -0.2) is 42.8 Å². The summed E-state index contributed by atoms with van der Waals surface area (Å²) in [4.78, 5) is 2.14. The highest BCUT2D eigenvalue weighted by molar-refractivity contribution is 9.10. The molecule has 2 N–H and O–H groups in total. The Morgan fingerprint density at radius 3 is 3.00 bits per heavy atom. The Labute approximate surface area is 115 Å². The lowest BCUT2D eigenvalue weighted by atomic mass is 10.0. The van der Waals surface area contributed by atoms with E-state index in [9.17, 15) is 9.50 Å². The summed E-state index contributed by atoms with van der Waals surface area (Å²) in [6.07, 6.45) is 1.02. The fourth-order valence-corrected chi connectivity index (χ4v) is 2.74. The second kappa shape index (κ2) is 6.61. The number of halogens is 2. The van der Waals surface area contributed by atoms with Crippen LogP contribution in [0.4, 0.5) is 4.39 Å².